The SMILES string of the molecule is CCNC(=NCC(O)COc1ccc([N+](=O)[O-])cc1)NC1CCN(C2CCCC2)CC1. The smallest absolute Gasteiger partial charge is 0.269 e. The van der Waals surface area contributed by atoms with Crippen molar-refractivity contribution in [3.05, 3.63) is 34.4 Å². The highest BCUT2D eigenvalue weighted by molar-refractivity contribution is 5.80. The van der Waals surface area contributed by atoms with E-state index in [2.05, 4.69) is 20.5 Å². The zero-order chi connectivity index (χ0) is 22.1. The maximum Gasteiger partial charge on any atom is 0.269 e. The van der Waals surface area contributed by atoms with Crippen LogP contribution in [0.4, 0.5) is 5.69 Å². The molecule has 1 aromatic rings. The van der Waals surface area contributed by atoms with Gasteiger partial charge in [0.15, 0.2) is 5.96 Å². The normalized spacial score (nSPS) is 19.9. The van der Waals surface area contributed by atoms with Crippen molar-refractivity contribution in [2.45, 2.75) is 63.6 Å². The van der Waals surface area contributed by atoms with Gasteiger partial charge in [-0.2, -0.15) is 0 Å². The molecule has 31 heavy (non-hydrogen) atoms. The molecule has 1 unspecified atom stereocenters. The Balaban J connectivity index is 1.41. The van der Waals surface area contributed by atoms with Crippen LogP contribution in [0.1, 0.15) is 45.4 Å². The molecule has 1 aliphatic carbocycles. The molecule has 1 aromatic carbocycles. The number of likely N-dealkylation sites (tertiary alicyclic amines) is 1. The minimum absolute atomic E-state index is 0.00734. The van der Waals surface area contributed by atoms with Crippen LogP contribution in [0.3, 0.4) is 0 Å². The van der Waals surface area contributed by atoms with E-state index in [0.29, 0.717) is 11.8 Å². The van der Waals surface area contributed by atoms with E-state index in [4.69, 9.17) is 4.74 Å². The fourth-order valence-corrected chi connectivity index (χ4v) is 4.30. The molecule has 0 radical (unpaired) electrons. The van der Waals surface area contributed by atoms with Gasteiger partial charge in [0.2, 0.25) is 0 Å². The van der Waals surface area contributed by atoms with Crippen LogP contribution >= 0.6 is 0 Å². The molecule has 172 valence electrons. The molecule has 1 aliphatic heterocycles. The molecular weight excluding hydrogens is 398 g/mol. The second kappa shape index (κ2) is 11.9. The first-order valence-corrected chi connectivity index (χ1v) is 11.4. The second-order valence-corrected chi connectivity index (χ2v) is 8.33. The number of rotatable bonds is 9. The summed E-state index contributed by atoms with van der Waals surface area (Å²) in [6.45, 7) is 5.32. The van der Waals surface area contributed by atoms with Gasteiger partial charge < -0.3 is 25.4 Å². The number of piperidine rings is 1. The monoisotopic (exact) mass is 433 g/mol. The van der Waals surface area contributed by atoms with Crippen LogP contribution in [0.25, 0.3) is 0 Å². The van der Waals surface area contributed by atoms with Gasteiger partial charge in [0, 0.05) is 43.9 Å². The van der Waals surface area contributed by atoms with Crippen LogP contribution in [0, 0.1) is 10.1 Å². The topological polar surface area (TPSA) is 112 Å². The number of benzene rings is 1. The van der Waals surface area contributed by atoms with E-state index >= 15 is 0 Å². The van der Waals surface area contributed by atoms with E-state index in [0.717, 1.165) is 44.5 Å². The van der Waals surface area contributed by atoms with E-state index in [1.807, 2.05) is 6.92 Å². The zero-order valence-electron chi connectivity index (χ0n) is 18.3. The van der Waals surface area contributed by atoms with Gasteiger partial charge in [-0.25, -0.2) is 0 Å². The molecule has 1 saturated carbocycles. The van der Waals surface area contributed by atoms with Crippen LogP contribution in [-0.2, 0) is 0 Å². The number of ether oxygens (including phenoxy) is 1. The van der Waals surface area contributed by atoms with E-state index in [9.17, 15) is 15.2 Å². The Morgan fingerprint density at radius 3 is 2.55 bits per heavy atom. The van der Waals surface area contributed by atoms with Crippen molar-refractivity contribution in [2.24, 2.45) is 4.99 Å². The summed E-state index contributed by atoms with van der Waals surface area (Å²) in [4.78, 5) is 17.4. The maximum atomic E-state index is 10.7. The molecule has 0 aromatic heterocycles. The van der Waals surface area contributed by atoms with Gasteiger partial charge >= 0.3 is 0 Å². The number of guanidine groups is 1. The lowest BCUT2D eigenvalue weighted by Gasteiger charge is -2.36. The zero-order valence-corrected chi connectivity index (χ0v) is 18.3. The number of nitrogens with zero attached hydrogens (tertiary/aromatic N) is 3. The van der Waals surface area contributed by atoms with E-state index in [1.54, 1.807) is 0 Å². The summed E-state index contributed by atoms with van der Waals surface area (Å²) in [5, 5.41) is 27.7. The van der Waals surface area contributed by atoms with Crippen molar-refractivity contribution in [1.29, 1.82) is 0 Å². The lowest BCUT2D eigenvalue weighted by Crippen LogP contribution is -2.50. The third-order valence-corrected chi connectivity index (χ3v) is 6.01. The van der Waals surface area contributed by atoms with Crippen molar-refractivity contribution in [3.63, 3.8) is 0 Å². The highest BCUT2D eigenvalue weighted by Gasteiger charge is 2.27. The average molecular weight is 434 g/mol. The highest BCUT2D eigenvalue weighted by atomic mass is 16.6. The van der Waals surface area contributed by atoms with Crippen molar-refractivity contribution >= 4 is 11.6 Å². The predicted molar refractivity (Wildman–Crippen MR) is 121 cm³/mol. The number of hydrogen-bond acceptors (Lipinski definition) is 6. The maximum absolute atomic E-state index is 10.7. The van der Waals surface area contributed by atoms with Crippen LogP contribution in [-0.4, -0.2) is 71.9 Å². The first kappa shape index (κ1) is 23.3. The Bertz CT molecular complexity index is 713. The Hall–Kier alpha value is -2.39. The Morgan fingerprint density at radius 2 is 1.94 bits per heavy atom. The second-order valence-electron chi connectivity index (χ2n) is 8.33. The van der Waals surface area contributed by atoms with Crippen molar-refractivity contribution in [2.75, 3.05) is 32.8 Å². The molecule has 3 N–H and O–H groups in total. The lowest BCUT2D eigenvalue weighted by atomic mass is 10.0. The standard InChI is InChI=1S/C22H35N5O4/c1-2-23-22(25-17-11-13-26(14-12-17)18-5-3-4-6-18)24-15-20(28)16-31-21-9-7-19(8-10-21)27(29)30/h7-10,17-18,20,28H,2-6,11-16H2,1H3,(H2,23,24,25). The van der Waals surface area contributed by atoms with Gasteiger partial charge in [0.25, 0.3) is 5.69 Å². The fraction of sp³-hybridized carbons (Fsp3) is 0.682. The number of aliphatic hydroxyl groups is 1. The van der Waals surface area contributed by atoms with Crippen LogP contribution in [0.15, 0.2) is 29.3 Å². The van der Waals surface area contributed by atoms with Crippen molar-refractivity contribution in [3.8, 4) is 5.75 Å². The predicted octanol–water partition coefficient (Wildman–Crippen LogP) is 2.30. The van der Waals surface area contributed by atoms with Gasteiger partial charge in [0.1, 0.15) is 18.5 Å². The molecule has 2 aliphatic rings. The average Bonchev–Trinajstić information content (AvgIpc) is 3.32. The molecule has 0 spiro atoms. The lowest BCUT2D eigenvalue weighted by molar-refractivity contribution is -0.384. The fourth-order valence-electron chi connectivity index (χ4n) is 4.30. The highest BCUT2D eigenvalue weighted by Crippen LogP contribution is 2.26. The molecule has 0 amide bonds. The largest absolute Gasteiger partial charge is 0.491 e. The number of nitro groups is 1. The number of non-ortho nitro benzene ring substituents is 1. The Morgan fingerprint density at radius 1 is 1.26 bits per heavy atom. The molecule has 2 fully saturated rings. The molecule has 1 heterocycles. The van der Waals surface area contributed by atoms with E-state index in [1.165, 1.54) is 49.9 Å². The number of nitrogens with one attached hydrogen (secondary N) is 2. The van der Waals surface area contributed by atoms with Crippen molar-refractivity contribution < 1.29 is 14.8 Å². The van der Waals surface area contributed by atoms with Crippen LogP contribution in [0.2, 0.25) is 0 Å². The Labute approximate surface area is 184 Å². The molecule has 9 heteroatoms. The number of hydrogen-bond donors (Lipinski definition) is 3. The van der Waals surface area contributed by atoms with Crippen molar-refractivity contribution in [1.82, 2.24) is 15.5 Å². The molecule has 1 atom stereocenters. The van der Waals surface area contributed by atoms with Gasteiger partial charge in [-0.15, -0.1) is 0 Å². The number of aliphatic imine (C=N–C) groups is 1. The minimum Gasteiger partial charge on any atom is -0.491 e. The molecular formula is C22H35N5O4. The number of nitro benzene ring substituents is 1. The first-order valence-electron chi connectivity index (χ1n) is 11.4. The van der Waals surface area contributed by atoms with Gasteiger partial charge in [0.05, 0.1) is 11.5 Å². The van der Waals surface area contributed by atoms with Gasteiger partial charge in [-0.1, -0.05) is 12.8 Å². The summed E-state index contributed by atoms with van der Waals surface area (Å²) in [6.07, 6.45) is 6.88. The quantitative estimate of drug-likeness (QED) is 0.237. The summed E-state index contributed by atoms with van der Waals surface area (Å²) >= 11 is 0. The molecule has 9 nitrogen and oxygen atoms in total. The van der Waals surface area contributed by atoms with Crippen LogP contribution < -0.4 is 15.4 Å². The minimum atomic E-state index is -0.769. The van der Waals surface area contributed by atoms with Gasteiger partial charge in [-0.3, -0.25) is 15.1 Å². The molecule has 0 bridgehead atoms. The van der Waals surface area contributed by atoms with E-state index < -0.39 is 11.0 Å². The summed E-state index contributed by atoms with van der Waals surface area (Å²) < 4.78 is 5.52. The first-order chi connectivity index (χ1) is 15.0. The summed E-state index contributed by atoms with van der Waals surface area (Å²) in [7, 11) is 0. The summed E-state index contributed by atoms with van der Waals surface area (Å²) in [5.41, 5.74) is 0.00734. The van der Waals surface area contributed by atoms with Crippen LogP contribution in [0.5, 0.6) is 5.75 Å². The molecule has 3 rings (SSSR count). The Kier molecular flexibility index (Phi) is 8.90. The molecule has 1 saturated heterocycles. The summed E-state index contributed by atoms with van der Waals surface area (Å²) in [5.74, 6) is 1.20. The third-order valence-electron chi connectivity index (χ3n) is 6.01. The third kappa shape index (κ3) is 7.36. The number of aliphatic hydroxyl groups excluding tert-OH is 1. The van der Waals surface area contributed by atoms with E-state index in [-0.39, 0.29) is 18.8 Å². The van der Waals surface area contributed by atoms with Gasteiger partial charge in [-0.05, 0) is 44.7 Å². The summed E-state index contributed by atoms with van der Waals surface area (Å²) in [6, 6.07) is 6.99.